The minimum atomic E-state index is -0.835. The van der Waals surface area contributed by atoms with Crippen molar-refractivity contribution in [2.75, 3.05) is 6.54 Å². The predicted octanol–water partition coefficient (Wildman–Crippen LogP) is 4.20. The highest BCUT2D eigenvalue weighted by atomic mass is 19.1. The third-order valence-electron chi connectivity index (χ3n) is 5.35. The van der Waals surface area contributed by atoms with Crippen LogP contribution in [0.25, 0.3) is 5.76 Å². The number of halogens is 1. The maximum Gasteiger partial charge on any atom is 0.295 e. The van der Waals surface area contributed by atoms with Crippen molar-refractivity contribution in [1.82, 2.24) is 4.90 Å². The number of amides is 1. The van der Waals surface area contributed by atoms with Crippen LogP contribution < -0.4 is 0 Å². The summed E-state index contributed by atoms with van der Waals surface area (Å²) in [4.78, 5) is 27.2. The lowest BCUT2D eigenvalue weighted by atomic mass is 9.95. The molecule has 1 saturated heterocycles. The summed E-state index contributed by atoms with van der Waals surface area (Å²) < 4.78 is 13.5. The number of phenols is 1. The van der Waals surface area contributed by atoms with Crippen molar-refractivity contribution in [3.8, 4) is 5.75 Å². The van der Waals surface area contributed by atoms with E-state index in [1.165, 1.54) is 29.2 Å². The fourth-order valence-electron chi connectivity index (χ4n) is 3.77. The molecule has 5 nitrogen and oxygen atoms in total. The Hall–Kier alpha value is -3.93. The second-order valence-corrected chi connectivity index (χ2v) is 7.33. The fourth-order valence-corrected chi connectivity index (χ4v) is 3.77. The van der Waals surface area contributed by atoms with Crippen LogP contribution in [0, 0.1) is 5.82 Å². The number of benzene rings is 3. The molecule has 1 aliphatic heterocycles. The van der Waals surface area contributed by atoms with E-state index in [4.69, 9.17) is 0 Å². The van der Waals surface area contributed by atoms with E-state index in [9.17, 15) is 24.2 Å². The maximum absolute atomic E-state index is 13.5. The molecule has 3 aromatic rings. The van der Waals surface area contributed by atoms with E-state index < -0.39 is 23.5 Å². The van der Waals surface area contributed by atoms with Crippen LogP contribution in [0.5, 0.6) is 5.75 Å². The number of hydrogen-bond donors (Lipinski definition) is 2. The SMILES string of the molecule is O=C1C(=O)N(CCc2ccc(O)cc2)[C@H](c2ccc(F)cc2)C1=C(O)c1ccccc1. The van der Waals surface area contributed by atoms with Gasteiger partial charge in [-0.15, -0.1) is 0 Å². The van der Waals surface area contributed by atoms with Crippen LogP contribution >= 0.6 is 0 Å². The molecule has 4 rings (SSSR count). The van der Waals surface area contributed by atoms with Gasteiger partial charge in [-0.1, -0.05) is 54.6 Å². The lowest BCUT2D eigenvalue weighted by Crippen LogP contribution is -2.31. The van der Waals surface area contributed by atoms with Crippen LogP contribution in [0.15, 0.2) is 84.4 Å². The Morgan fingerprint density at radius 2 is 1.55 bits per heavy atom. The average Bonchev–Trinajstić information content (AvgIpc) is 3.04. The van der Waals surface area contributed by atoms with Gasteiger partial charge in [0.2, 0.25) is 0 Å². The van der Waals surface area contributed by atoms with Crippen molar-refractivity contribution >= 4 is 17.4 Å². The monoisotopic (exact) mass is 417 g/mol. The van der Waals surface area contributed by atoms with E-state index in [-0.39, 0.29) is 23.6 Å². The summed E-state index contributed by atoms with van der Waals surface area (Å²) in [5, 5.41) is 20.4. The second kappa shape index (κ2) is 8.44. The zero-order valence-corrected chi connectivity index (χ0v) is 16.5. The molecule has 1 atom stereocenters. The van der Waals surface area contributed by atoms with E-state index >= 15 is 0 Å². The first-order valence-corrected chi connectivity index (χ1v) is 9.83. The molecule has 0 aliphatic carbocycles. The lowest BCUT2D eigenvalue weighted by Gasteiger charge is -2.25. The lowest BCUT2D eigenvalue weighted by molar-refractivity contribution is -0.139. The van der Waals surface area contributed by atoms with Gasteiger partial charge in [-0.2, -0.15) is 0 Å². The van der Waals surface area contributed by atoms with Crippen LogP contribution in [0.2, 0.25) is 0 Å². The number of ketones is 1. The number of nitrogens with zero attached hydrogens (tertiary/aromatic N) is 1. The van der Waals surface area contributed by atoms with Crippen LogP contribution in [0.4, 0.5) is 4.39 Å². The third-order valence-corrected chi connectivity index (χ3v) is 5.35. The number of rotatable bonds is 5. The van der Waals surface area contributed by atoms with Crippen molar-refractivity contribution in [2.24, 2.45) is 0 Å². The first kappa shape index (κ1) is 20.3. The van der Waals surface area contributed by atoms with Crippen molar-refractivity contribution in [2.45, 2.75) is 12.5 Å². The van der Waals surface area contributed by atoms with Crippen LogP contribution in [0.3, 0.4) is 0 Å². The van der Waals surface area contributed by atoms with Gasteiger partial charge in [0.1, 0.15) is 17.3 Å². The Bertz CT molecular complexity index is 1140. The summed E-state index contributed by atoms with van der Waals surface area (Å²) >= 11 is 0. The average molecular weight is 417 g/mol. The number of carbonyl (C=O) groups excluding carboxylic acids is 2. The minimum absolute atomic E-state index is 0.0199. The zero-order chi connectivity index (χ0) is 22.0. The number of hydrogen-bond acceptors (Lipinski definition) is 4. The Labute approximate surface area is 178 Å². The van der Waals surface area contributed by atoms with E-state index in [0.717, 1.165) is 5.56 Å². The van der Waals surface area contributed by atoms with Gasteiger partial charge in [0.05, 0.1) is 11.6 Å². The summed E-state index contributed by atoms with van der Waals surface area (Å²) in [5.41, 5.74) is 1.81. The van der Waals surface area contributed by atoms with Gasteiger partial charge in [-0.05, 0) is 41.8 Å². The highest BCUT2D eigenvalue weighted by Gasteiger charge is 2.45. The standard InChI is InChI=1S/C25H20FNO4/c26-19-10-8-17(9-11-19)22-21(23(29)18-4-2-1-3-5-18)24(30)25(31)27(22)15-14-16-6-12-20(28)13-7-16/h1-13,22,28-29H,14-15H2/t22-/m1/s1. The Kier molecular flexibility index (Phi) is 5.54. The maximum atomic E-state index is 13.5. The van der Waals surface area contributed by atoms with Gasteiger partial charge >= 0.3 is 0 Å². The summed E-state index contributed by atoms with van der Waals surface area (Å²) in [5.74, 6) is -2.06. The van der Waals surface area contributed by atoms with Gasteiger partial charge in [-0.3, -0.25) is 9.59 Å². The summed E-state index contributed by atoms with van der Waals surface area (Å²) in [6.07, 6.45) is 0.441. The molecule has 0 spiro atoms. The molecule has 0 aromatic heterocycles. The second-order valence-electron chi connectivity index (χ2n) is 7.33. The highest BCUT2D eigenvalue weighted by Crippen LogP contribution is 2.39. The Balaban J connectivity index is 1.75. The summed E-state index contributed by atoms with van der Waals surface area (Å²) in [6.45, 7) is 0.211. The minimum Gasteiger partial charge on any atom is -0.508 e. The number of likely N-dealkylation sites (tertiary alicyclic amines) is 1. The molecule has 0 bridgehead atoms. The molecule has 1 amide bonds. The molecule has 6 heteroatoms. The molecule has 31 heavy (non-hydrogen) atoms. The van der Waals surface area contributed by atoms with Crippen molar-refractivity contribution < 1.29 is 24.2 Å². The van der Waals surface area contributed by atoms with Crippen LogP contribution in [0.1, 0.15) is 22.7 Å². The normalized spacial score (nSPS) is 17.8. The van der Waals surface area contributed by atoms with Crippen LogP contribution in [-0.2, 0) is 16.0 Å². The van der Waals surface area contributed by atoms with E-state index in [1.54, 1.807) is 54.6 Å². The molecule has 2 N–H and O–H groups in total. The number of aliphatic hydroxyl groups is 1. The molecule has 1 fully saturated rings. The molecular weight excluding hydrogens is 397 g/mol. The molecule has 1 heterocycles. The number of phenolic OH excluding ortho intramolecular Hbond substituents is 1. The molecule has 0 saturated carbocycles. The van der Waals surface area contributed by atoms with Crippen LogP contribution in [-0.4, -0.2) is 33.3 Å². The topological polar surface area (TPSA) is 77.8 Å². The molecule has 1 aliphatic rings. The quantitative estimate of drug-likeness (QED) is 0.371. The van der Waals surface area contributed by atoms with Gasteiger partial charge in [0, 0.05) is 12.1 Å². The van der Waals surface area contributed by atoms with Gasteiger partial charge < -0.3 is 15.1 Å². The van der Waals surface area contributed by atoms with Crippen molar-refractivity contribution in [1.29, 1.82) is 0 Å². The molecule has 3 aromatic carbocycles. The number of Topliss-reactive ketones (excluding diaryl/α,β-unsaturated/α-hetero) is 1. The first-order valence-electron chi connectivity index (χ1n) is 9.83. The summed E-state index contributed by atoms with van der Waals surface area (Å²) in [6, 6.07) is 19.8. The van der Waals surface area contributed by atoms with Gasteiger partial charge in [0.15, 0.2) is 0 Å². The number of aromatic hydroxyl groups is 1. The largest absolute Gasteiger partial charge is 0.508 e. The number of carbonyl (C=O) groups is 2. The molecule has 0 unspecified atom stereocenters. The van der Waals surface area contributed by atoms with E-state index in [1.807, 2.05) is 0 Å². The summed E-state index contributed by atoms with van der Waals surface area (Å²) in [7, 11) is 0. The Morgan fingerprint density at radius 3 is 2.19 bits per heavy atom. The van der Waals surface area contributed by atoms with Crippen molar-refractivity contribution in [3.63, 3.8) is 0 Å². The predicted molar refractivity (Wildman–Crippen MR) is 114 cm³/mol. The van der Waals surface area contributed by atoms with E-state index in [2.05, 4.69) is 0 Å². The molecule has 0 radical (unpaired) electrons. The number of aliphatic hydroxyl groups excluding tert-OH is 1. The molecule has 156 valence electrons. The Morgan fingerprint density at radius 1 is 0.903 bits per heavy atom. The third kappa shape index (κ3) is 4.05. The smallest absolute Gasteiger partial charge is 0.295 e. The van der Waals surface area contributed by atoms with Gasteiger partial charge in [0.25, 0.3) is 11.7 Å². The van der Waals surface area contributed by atoms with E-state index in [0.29, 0.717) is 17.5 Å². The highest BCUT2D eigenvalue weighted by molar-refractivity contribution is 6.46. The van der Waals surface area contributed by atoms with Gasteiger partial charge in [-0.25, -0.2) is 4.39 Å². The van der Waals surface area contributed by atoms with Crippen molar-refractivity contribution in [3.05, 3.63) is 107 Å². The zero-order valence-electron chi connectivity index (χ0n) is 16.5. The molecular formula is C25H20FNO4. The first-order chi connectivity index (χ1) is 15.0. The fraction of sp³-hybridized carbons (Fsp3) is 0.120.